The van der Waals surface area contributed by atoms with Crippen LogP contribution < -0.4 is 4.72 Å². The minimum atomic E-state index is -3.63. The Morgan fingerprint density at radius 1 is 0.867 bits per heavy atom. The summed E-state index contributed by atoms with van der Waals surface area (Å²) in [4.78, 5) is 4.58. The van der Waals surface area contributed by atoms with E-state index in [4.69, 9.17) is 4.52 Å². The zero-order valence-electron chi connectivity index (χ0n) is 16.4. The predicted octanol–water partition coefficient (Wildman–Crippen LogP) is 4.31. The van der Waals surface area contributed by atoms with Crippen molar-refractivity contribution in [2.45, 2.75) is 24.3 Å². The van der Waals surface area contributed by atoms with Crippen LogP contribution in [-0.2, 0) is 16.4 Å². The van der Waals surface area contributed by atoms with Crippen molar-refractivity contribution < 1.29 is 12.9 Å². The molecular formula is C23H21N3O3S. The number of hydrogen-bond acceptors (Lipinski definition) is 5. The summed E-state index contributed by atoms with van der Waals surface area (Å²) >= 11 is 0. The third-order valence-corrected chi connectivity index (χ3v) is 6.22. The molecule has 1 atom stereocenters. The average molecular weight is 420 g/mol. The van der Waals surface area contributed by atoms with Crippen molar-refractivity contribution >= 4 is 10.0 Å². The molecule has 0 aliphatic heterocycles. The Hall–Kier alpha value is -3.29. The Labute approximate surface area is 175 Å². The SMILES string of the molecule is CC(Cc1ccccc1)NS(=O)(=O)c1ccc(-c2nc(-c3ccccc3)no2)cc1. The molecule has 6 nitrogen and oxygen atoms in total. The van der Waals surface area contributed by atoms with Crippen LogP contribution in [0.2, 0.25) is 0 Å². The number of nitrogens with one attached hydrogen (secondary N) is 1. The van der Waals surface area contributed by atoms with Gasteiger partial charge in [-0.1, -0.05) is 65.8 Å². The van der Waals surface area contributed by atoms with Crippen molar-refractivity contribution in [3.05, 3.63) is 90.5 Å². The van der Waals surface area contributed by atoms with E-state index in [0.717, 1.165) is 11.1 Å². The van der Waals surface area contributed by atoms with Crippen LogP contribution in [0.3, 0.4) is 0 Å². The van der Waals surface area contributed by atoms with Crippen LogP contribution in [0, 0.1) is 0 Å². The smallest absolute Gasteiger partial charge is 0.258 e. The highest BCUT2D eigenvalue weighted by Crippen LogP contribution is 2.23. The van der Waals surface area contributed by atoms with E-state index >= 15 is 0 Å². The second kappa shape index (κ2) is 8.61. The first kappa shape index (κ1) is 20.0. The quantitative estimate of drug-likeness (QED) is 0.482. The molecule has 0 saturated carbocycles. The third kappa shape index (κ3) is 4.64. The number of hydrogen-bond donors (Lipinski definition) is 1. The van der Waals surface area contributed by atoms with Gasteiger partial charge in [-0.25, -0.2) is 13.1 Å². The van der Waals surface area contributed by atoms with Crippen LogP contribution in [0.1, 0.15) is 12.5 Å². The second-order valence-corrected chi connectivity index (χ2v) is 8.74. The highest BCUT2D eigenvalue weighted by atomic mass is 32.2. The van der Waals surface area contributed by atoms with Gasteiger partial charge in [0, 0.05) is 17.2 Å². The topological polar surface area (TPSA) is 85.1 Å². The fourth-order valence-corrected chi connectivity index (χ4v) is 4.41. The molecule has 4 aromatic rings. The Morgan fingerprint density at radius 3 is 2.17 bits per heavy atom. The first-order valence-corrected chi connectivity index (χ1v) is 11.1. The number of benzene rings is 3. The van der Waals surface area contributed by atoms with E-state index in [1.54, 1.807) is 24.3 Å². The Balaban J connectivity index is 1.47. The van der Waals surface area contributed by atoms with E-state index in [2.05, 4.69) is 14.9 Å². The molecule has 0 spiro atoms. The molecular weight excluding hydrogens is 398 g/mol. The summed E-state index contributed by atoms with van der Waals surface area (Å²) in [5, 5.41) is 4.00. The van der Waals surface area contributed by atoms with Crippen LogP contribution in [0.5, 0.6) is 0 Å². The van der Waals surface area contributed by atoms with Gasteiger partial charge in [0.15, 0.2) is 0 Å². The van der Waals surface area contributed by atoms with E-state index in [1.807, 2.05) is 67.6 Å². The van der Waals surface area contributed by atoms with Gasteiger partial charge in [-0.2, -0.15) is 4.98 Å². The molecule has 1 aromatic heterocycles. The molecule has 1 N–H and O–H groups in total. The lowest BCUT2D eigenvalue weighted by molar-refractivity contribution is 0.432. The molecule has 1 heterocycles. The standard InChI is InChI=1S/C23H21N3O3S/c1-17(16-18-8-4-2-5-9-18)26-30(27,28)21-14-12-20(13-15-21)23-24-22(25-29-23)19-10-6-3-7-11-19/h2-15,17,26H,16H2,1H3. The molecule has 7 heteroatoms. The summed E-state index contributed by atoms with van der Waals surface area (Å²) in [6, 6.07) is 25.5. The fourth-order valence-electron chi connectivity index (χ4n) is 3.16. The minimum absolute atomic E-state index is 0.189. The largest absolute Gasteiger partial charge is 0.334 e. The molecule has 0 radical (unpaired) electrons. The Morgan fingerprint density at radius 2 is 1.50 bits per heavy atom. The van der Waals surface area contributed by atoms with Crippen molar-refractivity contribution in [2.75, 3.05) is 0 Å². The van der Waals surface area contributed by atoms with Gasteiger partial charge in [-0.15, -0.1) is 0 Å². The molecule has 0 aliphatic carbocycles. The van der Waals surface area contributed by atoms with Crippen LogP contribution in [-0.4, -0.2) is 24.6 Å². The van der Waals surface area contributed by atoms with Crippen molar-refractivity contribution in [1.29, 1.82) is 0 Å². The van der Waals surface area contributed by atoms with Crippen molar-refractivity contribution in [1.82, 2.24) is 14.9 Å². The van der Waals surface area contributed by atoms with Gasteiger partial charge in [0.1, 0.15) is 0 Å². The van der Waals surface area contributed by atoms with Crippen LogP contribution in [0.15, 0.2) is 94.3 Å². The molecule has 3 aromatic carbocycles. The third-order valence-electron chi connectivity index (χ3n) is 4.61. The van der Waals surface area contributed by atoms with Gasteiger partial charge in [0.2, 0.25) is 15.8 Å². The first-order valence-electron chi connectivity index (χ1n) is 9.57. The predicted molar refractivity (Wildman–Crippen MR) is 115 cm³/mol. The molecule has 4 rings (SSSR count). The maximum absolute atomic E-state index is 12.7. The van der Waals surface area contributed by atoms with Crippen LogP contribution in [0.25, 0.3) is 22.8 Å². The first-order chi connectivity index (χ1) is 14.5. The van der Waals surface area contributed by atoms with Crippen LogP contribution in [0.4, 0.5) is 0 Å². The van der Waals surface area contributed by atoms with Gasteiger partial charge in [0.25, 0.3) is 5.89 Å². The summed E-state index contributed by atoms with van der Waals surface area (Å²) in [6.07, 6.45) is 0.613. The number of sulfonamides is 1. The summed E-state index contributed by atoms with van der Waals surface area (Å²) in [6.45, 7) is 1.85. The zero-order valence-corrected chi connectivity index (χ0v) is 17.2. The second-order valence-electron chi connectivity index (χ2n) is 7.03. The van der Waals surface area contributed by atoms with Gasteiger partial charge in [-0.3, -0.25) is 0 Å². The lowest BCUT2D eigenvalue weighted by Gasteiger charge is -2.14. The molecule has 152 valence electrons. The van der Waals surface area contributed by atoms with Crippen molar-refractivity contribution in [2.24, 2.45) is 0 Å². The van der Waals surface area contributed by atoms with Gasteiger partial charge < -0.3 is 4.52 Å². The maximum Gasteiger partial charge on any atom is 0.258 e. The summed E-state index contributed by atoms with van der Waals surface area (Å²) in [5.74, 6) is 0.821. The minimum Gasteiger partial charge on any atom is -0.334 e. The summed E-state index contributed by atoms with van der Waals surface area (Å²) in [5.41, 5.74) is 2.58. The fraction of sp³-hybridized carbons (Fsp3) is 0.130. The van der Waals surface area contributed by atoms with E-state index in [9.17, 15) is 8.42 Å². The average Bonchev–Trinajstić information content (AvgIpc) is 3.25. The van der Waals surface area contributed by atoms with Crippen molar-refractivity contribution in [3.63, 3.8) is 0 Å². The zero-order chi connectivity index (χ0) is 21.0. The summed E-state index contributed by atoms with van der Waals surface area (Å²) in [7, 11) is -3.63. The molecule has 0 amide bonds. The van der Waals surface area contributed by atoms with Gasteiger partial charge >= 0.3 is 0 Å². The van der Waals surface area contributed by atoms with Crippen LogP contribution >= 0.6 is 0 Å². The Kier molecular flexibility index (Phi) is 5.74. The molecule has 0 aliphatic rings. The van der Waals surface area contributed by atoms with E-state index < -0.39 is 10.0 Å². The monoisotopic (exact) mass is 419 g/mol. The van der Waals surface area contributed by atoms with E-state index in [0.29, 0.717) is 23.7 Å². The van der Waals surface area contributed by atoms with Crippen molar-refractivity contribution in [3.8, 4) is 22.8 Å². The van der Waals surface area contributed by atoms with Gasteiger partial charge in [0.05, 0.1) is 4.90 Å². The highest BCUT2D eigenvalue weighted by Gasteiger charge is 2.18. The molecule has 30 heavy (non-hydrogen) atoms. The Bertz CT molecular complexity index is 1210. The van der Waals surface area contributed by atoms with Gasteiger partial charge in [-0.05, 0) is 43.2 Å². The molecule has 0 bridgehead atoms. The molecule has 0 fully saturated rings. The van der Waals surface area contributed by atoms with E-state index in [1.165, 1.54) is 0 Å². The number of aromatic nitrogens is 2. The van der Waals surface area contributed by atoms with E-state index in [-0.39, 0.29) is 10.9 Å². The molecule has 1 unspecified atom stereocenters. The lowest BCUT2D eigenvalue weighted by atomic mass is 10.1. The number of rotatable bonds is 7. The molecule has 0 saturated heterocycles. The highest BCUT2D eigenvalue weighted by molar-refractivity contribution is 7.89. The summed E-state index contributed by atoms with van der Waals surface area (Å²) < 4.78 is 33.5. The lowest BCUT2D eigenvalue weighted by Crippen LogP contribution is -2.34. The normalized spacial score (nSPS) is 12.6. The number of nitrogens with zero attached hydrogens (tertiary/aromatic N) is 2. The maximum atomic E-state index is 12.7.